The molecule has 2 atom stereocenters. The van der Waals surface area contributed by atoms with Gasteiger partial charge in [0.25, 0.3) is 5.56 Å². The Bertz CT molecular complexity index is 1520. The van der Waals surface area contributed by atoms with Crippen molar-refractivity contribution in [1.82, 2.24) is 30.1 Å². The van der Waals surface area contributed by atoms with Gasteiger partial charge in [-0.1, -0.05) is 6.07 Å². The van der Waals surface area contributed by atoms with Crippen molar-refractivity contribution in [2.75, 3.05) is 13.2 Å². The maximum atomic E-state index is 13.7. The lowest BCUT2D eigenvalue weighted by Crippen LogP contribution is -2.35. The minimum atomic E-state index is -0.558. The molecule has 1 N–H and O–H groups in total. The highest BCUT2D eigenvalue weighted by Crippen LogP contribution is 2.32. The third kappa shape index (κ3) is 5.65. The first-order valence-corrected chi connectivity index (χ1v) is 14.0. The van der Waals surface area contributed by atoms with Crippen LogP contribution in [0.4, 0.5) is 0 Å². The number of hydrogen-bond donors (Lipinski definition) is 1. The fraction of sp³-hybridized carbons (Fsp3) is 0.357. The predicted octanol–water partition coefficient (Wildman–Crippen LogP) is 4.54. The zero-order valence-corrected chi connectivity index (χ0v) is 22.5. The third-order valence-corrected chi connectivity index (χ3v) is 7.76. The Hall–Kier alpha value is -3.80. The van der Waals surface area contributed by atoms with Crippen LogP contribution in [0.1, 0.15) is 47.8 Å². The first-order chi connectivity index (χ1) is 19.2. The fourth-order valence-corrected chi connectivity index (χ4v) is 5.85. The molecule has 6 rings (SSSR count). The Balaban J connectivity index is 1.49. The number of tetrazole rings is 1. The number of pyridine rings is 1. The number of fused-ring (bicyclic) bond motifs is 1. The molecule has 10 nitrogen and oxygen atoms in total. The molecular formula is C28H30N6O4S. The van der Waals surface area contributed by atoms with Crippen LogP contribution in [-0.4, -0.2) is 49.4 Å². The molecule has 0 spiro atoms. The molecule has 0 unspecified atom stereocenters. The van der Waals surface area contributed by atoms with Crippen LogP contribution in [-0.2, 0) is 24.4 Å². The molecule has 1 saturated heterocycles. The third-order valence-electron chi connectivity index (χ3n) is 6.90. The van der Waals surface area contributed by atoms with Gasteiger partial charge in [-0.2, -0.15) is 0 Å². The highest BCUT2D eigenvalue weighted by molar-refractivity contribution is 7.09. The molecule has 11 heteroatoms. The number of H-pyrrole nitrogens is 1. The van der Waals surface area contributed by atoms with Crippen LogP contribution < -0.4 is 10.3 Å². The number of nitrogens with zero attached hydrogens (tertiary/aromatic N) is 5. The summed E-state index contributed by atoms with van der Waals surface area (Å²) in [5, 5.41) is 15.8. The first kappa shape index (κ1) is 25.5. The maximum absolute atomic E-state index is 13.7. The fourth-order valence-electron chi connectivity index (χ4n) is 5.12. The SMILES string of the molecule is CCOc1ccc2[nH]c(=O)c([C@@H](c3nnnn3C[C@@H]3CCCO3)N(Cc3ccco3)Cc3cccs3)cc2c1. The number of nitrogens with one attached hydrogen (secondary N) is 1. The number of ether oxygens (including phenoxy) is 2. The number of thiophene rings is 1. The van der Waals surface area contributed by atoms with E-state index in [0.29, 0.717) is 37.6 Å². The average molecular weight is 547 g/mol. The van der Waals surface area contributed by atoms with Crippen molar-refractivity contribution < 1.29 is 13.9 Å². The summed E-state index contributed by atoms with van der Waals surface area (Å²) in [6.07, 6.45) is 3.66. The molecule has 1 aliphatic rings. The van der Waals surface area contributed by atoms with E-state index >= 15 is 0 Å². The lowest BCUT2D eigenvalue weighted by atomic mass is 10.0. The van der Waals surface area contributed by atoms with Gasteiger partial charge >= 0.3 is 0 Å². The Morgan fingerprint density at radius 2 is 2.18 bits per heavy atom. The number of furan rings is 1. The second-order valence-corrected chi connectivity index (χ2v) is 10.6. The van der Waals surface area contributed by atoms with Gasteiger partial charge in [0.2, 0.25) is 0 Å². The van der Waals surface area contributed by atoms with E-state index in [-0.39, 0.29) is 11.7 Å². The van der Waals surface area contributed by atoms with E-state index < -0.39 is 6.04 Å². The monoisotopic (exact) mass is 546 g/mol. The summed E-state index contributed by atoms with van der Waals surface area (Å²) in [4.78, 5) is 20.1. The zero-order valence-electron chi connectivity index (χ0n) is 21.7. The zero-order chi connectivity index (χ0) is 26.6. The number of benzene rings is 1. The summed E-state index contributed by atoms with van der Waals surface area (Å²) >= 11 is 1.67. The Labute approximate surface area is 229 Å². The molecule has 5 aromatic rings. The average Bonchev–Trinajstić information content (AvgIpc) is 3.75. The molecule has 0 radical (unpaired) electrons. The molecule has 0 bridgehead atoms. The van der Waals surface area contributed by atoms with Crippen LogP contribution in [0.2, 0.25) is 0 Å². The standard InChI is InChI=1S/C28H30N6O4S/c1-2-36-20-9-10-25-19(14-20)15-24(28(35)29-25)26(27-30-31-32-34(27)17-22-7-4-12-38-22)33(16-21-6-3-11-37-21)18-23-8-5-13-39-23/h3,5-6,8-11,13-15,22,26H,2,4,7,12,16-18H2,1H3,(H,29,35)/t22-,26-/m0/s1. The van der Waals surface area contributed by atoms with Crippen LogP contribution in [0.5, 0.6) is 5.75 Å². The Morgan fingerprint density at radius 1 is 1.23 bits per heavy atom. The molecule has 39 heavy (non-hydrogen) atoms. The second-order valence-electron chi connectivity index (χ2n) is 9.56. The molecule has 202 valence electrons. The van der Waals surface area contributed by atoms with Gasteiger partial charge in [-0.05, 0) is 78.0 Å². The van der Waals surface area contributed by atoms with E-state index in [4.69, 9.17) is 13.9 Å². The molecule has 0 aliphatic carbocycles. The summed E-state index contributed by atoms with van der Waals surface area (Å²) in [7, 11) is 0. The predicted molar refractivity (Wildman–Crippen MR) is 147 cm³/mol. The van der Waals surface area contributed by atoms with Crippen molar-refractivity contribution in [3.8, 4) is 5.75 Å². The van der Waals surface area contributed by atoms with Gasteiger partial charge in [0.15, 0.2) is 5.82 Å². The quantitative estimate of drug-likeness (QED) is 0.257. The van der Waals surface area contributed by atoms with Gasteiger partial charge in [0.1, 0.15) is 17.6 Å². The lowest BCUT2D eigenvalue weighted by Gasteiger charge is -2.30. The highest BCUT2D eigenvalue weighted by atomic mass is 32.1. The van der Waals surface area contributed by atoms with Gasteiger partial charge in [-0.15, -0.1) is 16.4 Å². The van der Waals surface area contributed by atoms with Crippen LogP contribution in [0.15, 0.2) is 69.4 Å². The molecule has 4 aromatic heterocycles. The smallest absolute Gasteiger partial charge is 0.253 e. The lowest BCUT2D eigenvalue weighted by molar-refractivity contribution is 0.0901. The summed E-state index contributed by atoms with van der Waals surface area (Å²) < 4.78 is 19.2. The van der Waals surface area contributed by atoms with E-state index in [1.165, 1.54) is 0 Å². The van der Waals surface area contributed by atoms with Gasteiger partial charge < -0.3 is 18.9 Å². The number of rotatable bonds is 11. The first-order valence-electron chi connectivity index (χ1n) is 13.1. The molecule has 1 aliphatic heterocycles. The minimum absolute atomic E-state index is 0.0346. The van der Waals surface area contributed by atoms with E-state index in [0.717, 1.165) is 46.7 Å². The van der Waals surface area contributed by atoms with Crippen molar-refractivity contribution in [1.29, 1.82) is 0 Å². The Kier molecular flexibility index (Phi) is 7.53. The Morgan fingerprint density at radius 3 is 2.95 bits per heavy atom. The van der Waals surface area contributed by atoms with E-state index in [1.54, 1.807) is 22.3 Å². The van der Waals surface area contributed by atoms with Crippen LogP contribution in [0.25, 0.3) is 10.9 Å². The van der Waals surface area contributed by atoms with Crippen LogP contribution in [0, 0.1) is 0 Å². The van der Waals surface area contributed by atoms with Crippen molar-refractivity contribution in [3.05, 3.63) is 92.6 Å². The maximum Gasteiger partial charge on any atom is 0.253 e. The summed E-state index contributed by atoms with van der Waals surface area (Å²) in [6.45, 7) is 4.79. The molecule has 1 aromatic carbocycles. The number of aromatic amines is 1. The van der Waals surface area contributed by atoms with Crippen LogP contribution >= 0.6 is 11.3 Å². The highest BCUT2D eigenvalue weighted by Gasteiger charge is 2.32. The topological polar surface area (TPSA) is 111 Å². The summed E-state index contributed by atoms with van der Waals surface area (Å²) in [5.41, 5.74) is 1.09. The molecular weight excluding hydrogens is 516 g/mol. The molecule has 1 fully saturated rings. The largest absolute Gasteiger partial charge is 0.494 e. The van der Waals surface area contributed by atoms with Crippen molar-refractivity contribution >= 4 is 22.2 Å². The minimum Gasteiger partial charge on any atom is -0.494 e. The van der Waals surface area contributed by atoms with Crippen LogP contribution in [0.3, 0.4) is 0 Å². The normalized spacial score (nSPS) is 16.3. The van der Waals surface area contributed by atoms with E-state index in [1.807, 2.05) is 49.4 Å². The van der Waals surface area contributed by atoms with Gasteiger partial charge in [0.05, 0.1) is 32.1 Å². The van der Waals surface area contributed by atoms with E-state index in [2.05, 4.69) is 36.9 Å². The van der Waals surface area contributed by atoms with E-state index in [9.17, 15) is 4.79 Å². The van der Waals surface area contributed by atoms with Crippen molar-refractivity contribution in [2.24, 2.45) is 0 Å². The van der Waals surface area contributed by atoms with Gasteiger partial charge in [0, 0.05) is 34.5 Å². The molecule has 5 heterocycles. The van der Waals surface area contributed by atoms with Gasteiger partial charge in [-0.25, -0.2) is 4.68 Å². The number of aromatic nitrogens is 5. The summed E-state index contributed by atoms with van der Waals surface area (Å²) in [5.74, 6) is 2.11. The number of hydrogen-bond acceptors (Lipinski definition) is 9. The van der Waals surface area contributed by atoms with Gasteiger partial charge in [-0.3, -0.25) is 9.69 Å². The van der Waals surface area contributed by atoms with Crippen molar-refractivity contribution in [2.45, 2.75) is 51.5 Å². The molecule has 0 saturated carbocycles. The second kappa shape index (κ2) is 11.5. The van der Waals surface area contributed by atoms with Crippen molar-refractivity contribution in [3.63, 3.8) is 0 Å². The summed E-state index contributed by atoms with van der Waals surface area (Å²) in [6, 6.07) is 15.0. The molecule has 0 amide bonds.